The van der Waals surface area contributed by atoms with E-state index in [1.807, 2.05) is 84.7 Å². The van der Waals surface area contributed by atoms with Crippen molar-refractivity contribution in [2.75, 3.05) is 20.1 Å². The molecule has 2 amide bonds. The molecule has 0 unspecified atom stereocenters. The molecule has 0 aliphatic carbocycles. The van der Waals surface area contributed by atoms with Gasteiger partial charge in [0.05, 0.1) is 24.9 Å². The van der Waals surface area contributed by atoms with Gasteiger partial charge in [-0.25, -0.2) is 5.48 Å². The number of carbonyl (C=O) groups is 2. The molecule has 1 heterocycles. The van der Waals surface area contributed by atoms with Crippen LogP contribution in [0.1, 0.15) is 78.4 Å². The second-order valence-corrected chi connectivity index (χ2v) is 13.0. The van der Waals surface area contributed by atoms with Crippen LogP contribution in [0.2, 0.25) is 0 Å². The molecule has 0 saturated carbocycles. The van der Waals surface area contributed by atoms with Gasteiger partial charge in [-0.2, -0.15) is 0 Å². The highest BCUT2D eigenvalue weighted by atomic mass is 16.7. The number of amides is 2. The van der Waals surface area contributed by atoms with Crippen LogP contribution in [-0.2, 0) is 32.2 Å². The average molecular weight is 698 g/mol. The highest BCUT2D eigenvalue weighted by Crippen LogP contribution is 2.39. The number of nitrogens with one attached hydrogen (secondary N) is 2. The number of phenols is 1. The van der Waals surface area contributed by atoms with E-state index in [-0.39, 0.29) is 36.9 Å². The van der Waals surface area contributed by atoms with Crippen LogP contribution in [-0.4, -0.2) is 63.5 Å². The minimum atomic E-state index is -0.782. The summed E-state index contributed by atoms with van der Waals surface area (Å²) in [5.74, 6) is -0.459. The first-order chi connectivity index (χ1) is 24.7. The quantitative estimate of drug-likeness (QED) is 0.0509. The molecule has 11 heteroatoms. The summed E-state index contributed by atoms with van der Waals surface area (Å²) in [6.07, 6.45) is 0.190. The number of aliphatic hydroxyl groups excluding tert-OH is 2. The Kier molecular flexibility index (Phi) is 13.7. The van der Waals surface area contributed by atoms with Crippen molar-refractivity contribution in [1.29, 1.82) is 0 Å². The highest BCUT2D eigenvalue weighted by Gasteiger charge is 2.33. The number of hydrogen-bond donors (Lipinski definition) is 6. The van der Waals surface area contributed by atoms with Crippen LogP contribution in [0.5, 0.6) is 5.75 Å². The molecule has 4 aromatic carbocycles. The number of carbonyl (C=O) groups excluding carboxylic acids is 2. The summed E-state index contributed by atoms with van der Waals surface area (Å²) < 4.78 is 13.1. The number of aromatic hydroxyl groups is 1. The molecule has 0 spiro atoms. The van der Waals surface area contributed by atoms with Crippen molar-refractivity contribution >= 4 is 11.8 Å². The summed E-state index contributed by atoms with van der Waals surface area (Å²) in [7, 11) is 1.93. The number of unbranched alkanes of at least 4 members (excludes halogenated alkanes) is 1. The number of phenolic OH excluding ortho intramolecular Hbond substituents is 1. The van der Waals surface area contributed by atoms with Gasteiger partial charge in [0.25, 0.3) is 0 Å². The third-order valence-corrected chi connectivity index (χ3v) is 9.04. The summed E-state index contributed by atoms with van der Waals surface area (Å²) in [4.78, 5) is 25.7. The van der Waals surface area contributed by atoms with E-state index in [4.69, 9.17) is 14.7 Å². The smallest absolute Gasteiger partial charge is 0.243 e. The van der Waals surface area contributed by atoms with E-state index < -0.39 is 18.3 Å². The van der Waals surface area contributed by atoms with Gasteiger partial charge in [0.15, 0.2) is 6.29 Å². The van der Waals surface area contributed by atoms with Crippen LogP contribution in [0.15, 0.2) is 97.1 Å². The zero-order valence-electron chi connectivity index (χ0n) is 28.8. The highest BCUT2D eigenvalue weighted by molar-refractivity contribution is 5.77. The predicted octanol–water partition coefficient (Wildman–Crippen LogP) is 5.44. The third-order valence-electron chi connectivity index (χ3n) is 9.04. The van der Waals surface area contributed by atoms with E-state index in [1.54, 1.807) is 29.7 Å². The first kappa shape index (κ1) is 37.6. The lowest BCUT2D eigenvalue weighted by atomic mass is 9.97. The van der Waals surface area contributed by atoms with Gasteiger partial charge in [0.1, 0.15) is 5.75 Å². The molecule has 11 nitrogen and oxygen atoms in total. The Bertz CT molecular complexity index is 1720. The number of likely N-dealkylation sites (N-methyl/N-ethyl adjacent to an activating group) is 1. The lowest BCUT2D eigenvalue weighted by Gasteiger charge is -2.38. The molecule has 4 aromatic rings. The largest absolute Gasteiger partial charge is 0.508 e. The molecule has 1 saturated heterocycles. The minimum Gasteiger partial charge on any atom is -0.508 e. The second-order valence-electron chi connectivity index (χ2n) is 13.0. The topological polar surface area (TPSA) is 161 Å². The zero-order chi connectivity index (χ0) is 36.2. The van der Waals surface area contributed by atoms with Crippen LogP contribution in [0.25, 0.3) is 11.1 Å². The number of hydroxylamine groups is 1. The van der Waals surface area contributed by atoms with Gasteiger partial charge < -0.3 is 35.0 Å². The molecule has 6 N–H and O–H groups in total. The summed E-state index contributed by atoms with van der Waals surface area (Å²) in [5, 5.41) is 41.8. The summed E-state index contributed by atoms with van der Waals surface area (Å²) in [6, 6.07) is 30.3. The molecule has 4 atom stereocenters. The van der Waals surface area contributed by atoms with Crippen molar-refractivity contribution < 1.29 is 39.6 Å². The molecule has 0 bridgehead atoms. The van der Waals surface area contributed by atoms with Gasteiger partial charge in [-0.15, -0.1) is 0 Å². The number of nitrogens with zero attached hydrogens (tertiary/aromatic N) is 1. The number of benzene rings is 4. The van der Waals surface area contributed by atoms with E-state index in [2.05, 4.69) is 5.32 Å². The van der Waals surface area contributed by atoms with Crippen LogP contribution < -0.4 is 10.8 Å². The van der Waals surface area contributed by atoms with Crippen molar-refractivity contribution in [1.82, 2.24) is 15.7 Å². The molecule has 0 radical (unpaired) electrons. The van der Waals surface area contributed by atoms with Crippen molar-refractivity contribution in [3.63, 3.8) is 0 Å². The van der Waals surface area contributed by atoms with Gasteiger partial charge in [-0.05, 0) is 65.4 Å². The SMILES string of the molecule is CN(C[C@@H]1C[C@H](c2ccc(CO)cc2)O[C@H](c2ccc(-c3ccccc3CNC(=O)CCCCC(=O)NO)cc2)O1)C[C@@H](O)c1cccc(O)c1. The number of hydrogen-bond acceptors (Lipinski definition) is 9. The first-order valence-corrected chi connectivity index (χ1v) is 17.3. The summed E-state index contributed by atoms with van der Waals surface area (Å²) >= 11 is 0. The lowest BCUT2D eigenvalue weighted by molar-refractivity contribution is -0.252. The maximum atomic E-state index is 12.5. The van der Waals surface area contributed by atoms with E-state index in [0.29, 0.717) is 50.9 Å². The predicted molar refractivity (Wildman–Crippen MR) is 191 cm³/mol. The molecule has 1 aliphatic rings. The average Bonchev–Trinajstić information content (AvgIpc) is 3.15. The van der Waals surface area contributed by atoms with E-state index in [1.165, 1.54) is 0 Å². The maximum Gasteiger partial charge on any atom is 0.243 e. The van der Waals surface area contributed by atoms with Crippen LogP contribution in [0, 0.1) is 0 Å². The molecule has 1 fully saturated rings. The fourth-order valence-corrected chi connectivity index (χ4v) is 6.27. The van der Waals surface area contributed by atoms with Crippen LogP contribution in [0.4, 0.5) is 0 Å². The third kappa shape index (κ3) is 10.9. The maximum absolute atomic E-state index is 12.5. The second kappa shape index (κ2) is 18.6. The van der Waals surface area contributed by atoms with Gasteiger partial charge in [-0.1, -0.05) is 84.9 Å². The molecule has 0 aromatic heterocycles. The van der Waals surface area contributed by atoms with E-state index in [9.17, 15) is 24.9 Å². The lowest BCUT2D eigenvalue weighted by Crippen LogP contribution is -2.39. The van der Waals surface area contributed by atoms with Crippen molar-refractivity contribution in [2.24, 2.45) is 0 Å². The molecular weight excluding hydrogens is 650 g/mol. The van der Waals surface area contributed by atoms with Crippen LogP contribution >= 0.6 is 0 Å². The minimum absolute atomic E-state index is 0.0400. The van der Waals surface area contributed by atoms with Crippen molar-refractivity contribution in [2.45, 2.75) is 69.9 Å². The first-order valence-electron chi connectivity index (χ1n) is 17.3. The molecule has 5 rings (SSSR count). The van der Waals surface area contributed by atoms with Gasteiger partial charge in [0, 0.05) is 44.5 Å². The number of aliphatic hydroxyl groups is 2. The Balaban J connectivity index is 1.26. The fraction of sp³-hybridized carbons (Fsp3) is 0.350. The normalized spacial score (nSPS) is 17.9. The summed E-state index contributed by atoms with van der Waals surface area (Å²) in [6.45, 7) is 1.20. The Morgan fingerprint density at radius 2 is 1.59 bits per heavy atom. The Morgan fingerprint density at radius 3 is 2.29 bits per heavy atom. The fourth-order valence-electron chi connectivity index (χ4n) is 6.27. The Morgan fingerprint density at radius 1 is 0.882 bits per heavy atom. The summed E-state index contributed by atoms with van der Waals surface area (Å²) in [5.41, 5.74) is 7.82. The molecule has 51 heavy (non-hydrogen) atoms. The van der Waals surface area contributed by atoms with Gasteiger partial charge >= 0.3 is 0 Å². The Hall–Kier alpha value is -4.62. The molecular formula is C40H47N3O8. The molecule has 270 valence electrons. The van der Waals surface area contributed by atoms with Crippen molar-refractivity contribution in [3.8, 4) is 16.9 Å². The van der Waals surface area contributed by atoms with Crippen LogP contribution in [0.3, 0.4) is 0 Å². The monoisotopic (exact) mass is 697 g/mol. The number of rotatable bonds is 16. The van der Waals surface area contributed by atoms with Gasteiger partial charge in [-0.3, -0.25) is 14.8 Å². The zero-order valence-corrected chi connectivity index (χ0v) is 28.8. The standard InChI is InChI=1S/C40H47N3O8/c1-43(25-36(46)31-8-6-9-33(45)21-31)24-34-22-37(29-15-13-27(26-44)14-16-29)51-40(50-34)30-19-17-28(18-20-30)35-10-3-2-7-32(35)23-41-38(47)11-4-5-12-39(48)42-49/h2-3,6-10,13-21,34,36-37,40,44-46,49H,4-5,11-12,22-26H2,1H3,(H,41,47)(H,42,48)/t34-,36+,37+,40+/m0/s1. The molecule has 1 aliphatic heterocycles. The number of ether oxygens (including phenoxy) is 2. The van der Waals surface area contributed by atoms with E-state index in [0.717, 1.165) is 33.4 Å². The van der Waals surface area contributed by atoms with E-state index >= 15 is 0 Å². The van der Waals surface area contributed by atoms with Gasteiger partial charge in [0.2, 0.25) is 11.8 Å². The van der Waals surface area contributed by atoms with Crippen molar-refractivity contribution in [3.05, 3.63) is 125 Å². The Labute approximate surface area is 298 Å².